The molecule has 2 aromatic rings. The minimum atomic E-state index is 0.273. The summed E-state index contributed by atoms with van der Waals surface area (Å²) in [7, 11) is 0. The minimum Gasteiger partial charge on any atom is -0.341 e. The molecule has 15 heavy (non-hydrogen) atoms. The summed E-state index contributed by atoms with van der Waals surface area (Å²) in [6.45, 7) is 0. The molecule has 3 rings (SSSR count). The predicted molar refractivity (Wildman–Crippen MR) is 56.2 cm³/mol. The van der Waals surface area contributed by atoms with Crippen molar-refractivity contribution in [2.45, 2.75) is 25.3 Å². The van der Waals surface area contributed by atoms with Crippen LogP contribution in [0.25, 0.3) is 11.4 Å². The molecule has 0 aliphatic heterocycles. The van der Waals surface area contributed by atoms with Crippen LogP contribution in [0.15, 0.2) is 12.4 Å². The summed E-state index contributed by atoms with van der Waals surface area (Å²) < 4.78 is 0. The highest BCUT2D eigenvalue weighted by Gasteiger charge is 2.19. The van der Waals surface area contributed by atoms with Gasteiger partial charge in [0.05, 0.1) is 17.5 Å². The van der Waals surface area contributed by atoms with Crippen molar-refractivity contribution in [1.82, 2.24) is 20.2 Å². The number of aryl methyl sites for hydroxylation is 1. The normalized spacial score (nSPS) is 20.2. The largest absolute Gasteiger partial charge is 0.341 e. The Balaban J connectivity index is 2.00. The second-order valence-corrected chi connectivity index (χ2v) is 4.00. The molecule has 0 radical (unpaired) electrons. The highest BCUT2D eigenvalue weighted by Crippen LogP contribution is 2.22. The van der Waals surface area contributed by atoms with E-state index in [2.05, 4.69) is 20.2 Å². The van der Waals surface area contributed by atoms with Gasteiger partial charge in [0.2, 0.25) is 0 Å². The fourth-order valence-corrected chi connectivity index (χ4v) is 2.02. The third kappa shape index (κ3) is 1.45. The fourth-order valence-electron chi connectivity index (χ4n) is 2.02. The van der Waals surface area contributed by atoms with Gasteiger partial charge >= 0.3 is 0 Å². The standard InChI is InChI=1S/C10H13N5/c11-7-1-2-8-9(3-7)15-10(14-8)6-4-12-13-5-6/h4-5,7H,1-3,11H2,(H,12,13)(H,14,15). The molecule has 0 saturated carbocycles. The predicted octanol–water partition coefficient (Wildman–Crippen LogP) is 0.616. The van der Waals surface area contributed by atoms with Crippen molar-refractivity contribution in [2.75, 3.05) is 0 Å². The number of hydrogen-bond donors (Lipinski definition) is 3. The van der Waals surface area contributed by atoms with Crippen molar-refractivity contribution in [1.29, 1.82) is 0 Å². The molecule has 4 N–H and O–H groups in total. The number of hydrogen-bond acceptors (Lipinski definition) is 3. The van der Waals surface area contributed by atoms with Crippen molar-refractivity contribution in [3.05, 3.63) is 23.8 Å². The first kappa shape index (κ1) is 8.67. The molecule has 0 fully saturated rings. The molecule has 2 aromatic heterocycles. The number of nitrogens with zero attached hydrogens (tertiary/aromatic N) is 2. The number of fused-ring (bicyclic) bond motifs is 1. The van der Waals surface area contributed by atoms with Crippen molar-refractivity contribution >= 4 is 0 Å². The third-order valence-electron chi connectivity index (χ3n) is 2.85. The number of nitrogens with one attached hydrogen (secondary N) is 2. The summed E-state index contributed by atoms with van der Waals surface area (Å²) in [4.78, 5) is 7.87. The first-order valence-corrected chi connectivity index (χ1v) is 5.15. The zero-order valence-corrected chi connectivity index (χ0v) is 8.33. The third-order valence-corrected chi connectivity index (χ3v) is 2.85. The zero-order chi connectivity index (χ0) is 10.3. The van der Waals surface area contributed by atoms with Gasteiger partial charge in [-0.2, -0.15) is 5.10 Å². The maximum absolute atomic E-state index is 5.91. The smallest absolute Gasteiger partial charge is 0.140 e. The Morgan fingerprint density at radius 3 is 3.20 bits per heavy atom. The molecule has 0 aromatic carbocycles. The Labute approximate surface area is 87.1 Å². The Bertz CT molecular complexity index is 456. The molecule has 0 amide bonds. The fraction of sp³-hybridized carbons (Fsp3) is 0.400. The van der Waals surface area contributed by atoms with Crippen LogP contribution in [0.5, 0.6) is 0 Å². The molecular formula is C10H13N5. The second kappa shape index (κ2) is 3.20. The van der Waals surface area contributed by atoms with Crippen molar-refractivity contribution < 1.29 is 0 Å². The van der Waals surface area contributed by atoms with Gasteiger partial charge in [-0.1, -0.05) is 0 Å². The number of rotatable bonds is 1. The van der Waals surface area contributed by atoms with Crippen LogP contribution in [-0.2, 0) is 12.8 Å². The monoisotopic (exact) mass is 203 g/mol. The zero-order valence-electron chi connectivity index (χ0n) is 8.33. The molecule has 5 nitrogen and oxygen atoms in total. The minimum absolute atomic E-state index is 0.273. The lowest BCUT2D eigenvalue weighted by molar-refractivity contribution is 0.565. The molecule has 1 atom stereocenters. The Morgan fingerprint density at radius 2 is 2.40 bits per heavy atom. The first-order valence-electron chi connectivity index (χ1n) is 5.15. The molecule has 1 aliphatic rings. The molecule has 1 unspecified atom stereocenters. The highest BCUT2D eigenvalue weighted by atomic mass is 15.1. The number of H-pyrrole nitrogens is 2. The highest BCUT2D eigenvalue weighted by molar-refractivity contribution is 5.53. The van der Waals surface area contributed by atoms with Crippen LogP contribution >= 0.6 is 0 Å². The topological polar surface area (TPSA) is 83.4 Å². The SMILES string of the molecule is NC1CCc2nc(-c3cn[nH]c3)[nH]c2C1. The molecule has 2 heterocycles. The summed E-state index contributed by atoms with van der Waals surface area (Å²) in [5.74, 6) is 0.892. The Kier molecular flexibility index (Phi) is 1.85. The van der Waals surface area contributed by atoms with E-state index >= 15 is 0 Å². The summed E-state index contributed by atoms with van der Waals surface area (Å²) >= 11 is 0. The number of aromatic nitrogens is 4. The first-order chi connectivity index (χ1) is 7.33. The van der Waals surface area contributed by atoms with E-state index in [1.54, 1.807) is 6.20 Å². The lowest BCUT2D eigenvalue weighted by Gasteiger charge is -2.15. The van der Waals surface area contributed by atoms with E-state index in [0.29, 0.717) is 0 Å². The Morgan fingerprint density at radius 1 is 1.47 bits per heavy atom. The maximum Gasteiger partial charge on any atom is 0.140 e. The van der Waals surface area contributed by atoms with Gasteiger partial charge in [0, 0.05) is 24.4 Å². The van der Waals surface area contributed by atoms with Crippen LogP contribution in [0.3, 0.4) is 0 Å². The summed E-state index contributed by atoms with van der Waals surface area (Å²) in [5, 5.41) is 6.69. The average molecular weight is 203 g/mol. The molecule has 1 aliphatic carbocycles. The van der Waals surface area contributed by atoms with E-state index in [-0.39, 0.29) is 6.04 Å². The number of nitrogens with two attached hydrogens (primary N) is 1. The van der Waals surface area contributed by atoms with Gasteiger partial charge in [-0.15, -0.1) is 0 Å². The van der Waals surface area contributed by atoms with E-state index in [4.69, 9.17) is 5.73 Å². The summed E-state index contributed by atoms with van der Waals surface area (Å²) in [6.07, 6.45) is 6.52. The number of imidazole rings is 1. The van der Waals surface area contributed by atoms with Gasteiger partial charge in [-0.25, -0.2) is 4.98 Å². The second-order valence-electron chi connectivity index (χ2n) is 4.00. The molecule has 0 saturated heterocycles. The molecule has 0 spiro atoms. The van der Waals surface area contributed by atoms with Crippen LogP contribution in [0.2, 0.25) is 0 Å². The molecule has 5 heteroatoms. The summed E-state index contributed by atoms with van der Waals surface area (Å²) in [6, 6.07) is 0.273. The van der Waals surface area contributed by atoms with Gasteiger partial charge in [-0.05, 0) is 12.8 Å². The molecule has 78 valence electrons. The van der Waals surface area contributed by atoms with Gasteiger partial charge in [0.15, 0.2) is 0 Å². The van der Waals surface area contributed by atoms with Crippen molar-refractivity contribution in [3.63, 3.8) is 0 Å². The van der Waals surface area contributed by atoms with Crippen LogP contribution in [0, 0.1) is 0 Å². The number of aromatic amines is 2. The van der Waals surface area contributed by atoms with Gasteiger partial charge < -0.3 is 10.7 Å². The van der Waals surface area contributed by atoms with E-state index in [9.17, 15) is 0 Å². The van der Waals surface area contributed by atoms with Crippen molar-refractivity contribution in [3.8, 4) is 11.4 Å². The maximum atomic E-state index is 5.91. The quantitative estimate of drug-likeness (QED) is 0.635. The molecular weight excluding hydrogens is 190 g/mol. The lowest BCUT2D eigenvalue weighted by Crippen LogP contribution is -2.27. The average Bonchev–Trinajstić information content (AvgIpc) is 2.84. The van der Waals surface area contributed by atoms with Gasteiger partial charge in [0.25, 0.3) is 0 Å². The van der Waals surface area contributed by atoms with Crippen LogP contribution in [0.1, 0.15) is 17.8 Å². The molecule has 0 bridgehead atoms. The van der Waals surface area contributed by atoms with E-state index < -0.39 is 0 Å². The van der Waals surface area contributed by atoms with E-state index in [0.717, 1.165) is 36.3 Å². The van der Waals surface area contributed by atoms with Gasteiger partial charge in [0.1, 0.15) is 5.82 Å². The van der Waals surface area contributed by atoms with Crippen LogP contribution in [-0.4, -0.2) is 26.2 Å². The van der Waals surface area contributed by atoms with E-state index in [1.165, 1.54) is 5.69 Å². The van der Waals surface area contributed by atoms with Crippen molar-refractivity contribution in [2.24, 2.45) is 5.73 Å². The summed E-state index contributed by atoms with van der Waals surface area (Å²) in [5.41, 5.74) is 9.25. The lowest BCUT2D eigenvalue weighted by atomic mass is 9.97. The van der Waals surface area contributed by atoms with Crippen LogP contribution < -0.4 is 5.73 Å². The Hall–Kier alpha value is -1.62. The van der Waals surface area contributed by atoms with Gasteiger partial charge in [-0.3, -0.25) is 5.10 Å². The van der Waals surface area contributed by atoms with Crippen LogP contribution in [0.4, 0.5) is 0 Å². The van der Waals surface area contributed by atoms with E-state index in [1.807, 2.05) is 6.20 Å².